The van der Waals surface area contributed by atoms with Gasteiger partial charge in [-0.05, 0) is 48.9 Å². The van der Waals surface area contributed by atoms with E-state index in [2.05, 4.69) is 9.97 Å². The second-order valence-electron chi connectivity index (χ2n) is 6.80. The smallest absolute Gasteiger partial charge is 0.344 e. The van der Waals surface area contributed by atoms with Crippen molar-refractivity contribution in [1.29, 1.82) is 0 Å². The number of halogens is 1. The number of aliphatic hydroxyl groups excluding tert-OH is 1. The van der Waals surface area contributed by atoms with E-state index in [4.69, 9.17) is 0 Å². The van der Waals surface area contributed by atoms with Gasteiger partial charge in [-0.2, -0.15) is 0 Å². The van der Waals surface area contributed by atoms with Gasteiger partial charge in [0, 0.05) is 23.5 Å². The minimum absolute atomic E-state index is 0.266. The Bertz CT molecular complexity index is 987. The van der Waals surface area contributed by atoms with Crippen molar-refractivity contribution in [2.24, 2.45) is 0 Å². The van der Waals surface area contributed by atoms with Gasteiger partial charge in [-0.1, -0.05) is 48.6 Å². The lowest BCUT2D eigenvalue weighted by atomic mass is 10.00. The summed E-state index contributed by atoms with van der Waals surface area (Å²) in [6.07, 6.45) is 9.01. The second-order valence-corrected chi connectivity index (χ2v) is 6.80. The molecule has 0 bridgehead atoms. The molecule has 0 aliphatic carbocycles. The number of rotatable bonds is 7. The van der Waals surface area contributed by atoms with Crippen molar-refractivity contribution in [2.45, 2.75) is 32.3 Å². The Morgan fingerprint density at radius 1 is 1.11 bits per heavy atom. The van der Waals surface area contributed by atoms with E-state index in [1.54, 1.807) is 25.3 Å². The van der Waals surface area contributed by atoms with Crippen molar-refractivity contribution in [3.63, 3.8) is 0 Å². The third-order valence-electron chi connectivity index (χ3n) is 4.51. The van der Waals surface area contributed by atoms with Gasteiger partial charge in [0.05, 0.1) is 6.10 Å². The molecular weight excluding hydrogens is 355 g/mol. The van der Waals surface area contributed by atoms with Crippen LogP contribution in [-0.4, -0.2) is 21.2 Å². The van der Waals surface area contributed by atoms with Crippen LogP contribution in [0.1, 0.15) is 31.7 Å². The largest absolute Gasteiger partial charge is 0.393 e. The molecule has 144 valence electrons. The number of H-pyrrole nitrogens is 1. The molecular formula is C23H23FN2O2. The highest BCUT2D eigenvalue weighted by Crippen LogP contribution is 2.26. The average Bonchev–Trinajstić information content (AvgIpc) is 2.69. The first kappa shape index (κ1) is 19.7. The molecule has 1 heterocycles. The molecule has 0 spiro atoms. The molecule has 4 nitrogen and oxygen atoms in total. The normalized spacial score (nSPS) is 12.4. The average molecular weight is 378 g/mol. The standard InChI is InChI=1S/C23H23FN2O2/c1-16(27)5-3-2-4-6-19-11-12-20(13-22(19)24)17-7-9-18(10-8-17)21-14-25-23(28)26-15-21/h4,6-16,27H,2-3,5H2,1H3,(H,25,26,28)/b6-4+. The minimum atomic E-state index is -0.382. The molecule has 0 saturated heterocycles. The molecule has 0 radical (unpaired) electrons. The van der Waals surface area contributed by atoms with E-state index < -0.39 is 0 Å². The quantitative estimate of drug-likeness (QED) is 0.580. The number of unbranched alkanes of at least 4 members (excludes halogenated alkanes) is 1. The minimum Gasteiger partial charge on any atom is -0.393 e. The zero-order chi connectivity index (χ0) is 19.9. The maximum absolute atomic E-state index is 14.4. The predicted octanol–water partition coefficient (Wildman–Crippen LogP) is 4.81. The monoisotopic (exact) mass is 378 g/mol. The molecule has 3 rings (SSSR count). The van der Waals surface area contributed by atoms with Crippen molar-refractivity contribution < 1.29 is 9.50 Å². The number of benzene rings is 2. The van der Waals surface area contributed by atoms with Gasteiger partial charge in [0.2, 0.25) is 0 Å². The molecule has 2 aromatic carbocycles. The summed E-state index contributed by atoms with van der Waals surface area (Å²) in [7, 11) is 0. The summed E-state index contributed by atoms with van der Waals surface area (Å²) in [5.74, 6) is -0.266. The maximum Gasteiger partial charge on any atom is 0.344 e. The summed E-state index contributed by atoms with van der Waals surface area (Å²) in [6.45, 7) is 1.77. The van der Waals surface area contributed by atoms with Crippen LogP contribution in [-0.2, 0) is 0 Å². The lowest BCUT2D eigenvalue weighted by Crippen LogP contribution is -2.07. The lowest BCUT2D eigenvalue weighted by Gasteiger charge is -2.06. The van der Waals surface area contributed by atoms with E-state index in [9.17, 15) is 14.3 Å². The van der Waals surface area contributed by atoms with Crippen molar-refractivity contribution >= 4 is 6.08 Å². The van der Waals surface area contributed by atoms with Crippen LogP contribution in [0, 0.1) is 5.82 Å². The van der Waals surface area contributed by atoms with E-state index in [0.717, 1.165) is 41.5 Å². The molecule has 0 amide bonds. The molecule has 0 aliphatic heterocycles. The predicted molar refractivity (Wildman–Crippen MR) is 110 cm³/mol. The summed E-state index contributed by atoms with van der Waals surface area (Å²) in [6, 6.07) is 12.9. The third kappa shape index (κ3) is 5.24. The van der Waals surface area contributed by atoms with Gasteiger partial charge < -0.3 is 10.1 Å². The highest BCUT2D eigenvalue weighted by molar-refractivity contribution is 5.70. The van der Waals surface area contributed by atoms with Gasteiger partial charge in [-0.3, -0.25) is 0 Å². The molecule has 0 aliphatic rings. The van der Waals surface area contributed by atoms with Crippen LogP contribution in [0.5, 0.6) is 0 Å². The molecule has 1 unspecified atom stereocenters. The van der Waals surface area contributed by atoms with E-state index in [-0.39, 0.29) is 17.6 Å². The fraction of sp³-hybridized carbons (Fsp3) is 0.217. The number of hydrogen-bond donors (Lipinski definition) is 2. The van der Waals surface area contributed by atoms with E-state index in [1.165, 1.54) is 12.3 Å². The molecule has 0 saturated carbocycles. The summed E-state index contributed by atoms with van der Waals surface area (Å²) < 4.78 is 14.4. The summed E-state index contributed by atoms with van der Waals surface area (Å²) in [4.78, 5) is 17.3. The van der Waals surface area contributed by atoms with E-state index >= 15 is 0 Å². The highest BCUT2D eigenvalue weighted by atomic mass is 19.1. The van der Waals surface area contributed by atoms with Gasteiger partial charge in [0.1, 0.15) is 5.82 Å². The molecule has 3 aromatic rings. The fourth-order valence-corrected chi connectivity index (χ4v) is 2.94. The number of aromatic nitrogens is 2. The summed E-state index contributed by atoms with van der Waals surface area (Å²) in [5.41, 5.74) is 3.62. The number of hydrogen-bond acceptors (Lipinski definition) is 3. The van der Waals surface area contributed by atoms with Crippen LogP contribution in [0.2, 0.25) is 0 Å². The van der Waals surface area contributed by atoms with Crippen LogP contribution in [0.15, 0.2) is 65.7 Å². The van der Waals surface area contributed by atoms with Gasteiger partial charge in [-0.15, -0.1) is 0 Å². The zero-order valence-electron chi connectivity index (χ0n) is 15.7. The Balaban J connectivity index is 1.70. The number of allylic oxidation sites excluding steroid dienone is 1. The first-order valence-corrected chi connectivity index (χ1v) is 9.32. The number of aliphatic hydroxyl groups is 1. The molecule has 1 aromatic heterocycles. The van der Waals surface area contributed by atoms with Crippen LogP contribution in [0.25, 0.3) is 28.3 Å². The fourth-order valence-electron chi connectivity index (χ4n) is 2.94. The first-order valence-electron chi connectivity index (χ1n) is 9.32. The topological polar surface area (TPSA) is 66.0 Å². The Hall–Kier alpha value is -3.05. The van der Waals surface area contributed by atoms with Crippen LogP contribution >= 0.6 is 0 Å². The summed E-state index contributed by atoms with van der Waals surface area (Å²) in [5, 5.41) is 9.24. The molecule has 28 heavy (non-hydrogen) atoms. The van der Waals surface area contributed by atoms with Crippen LogP contribution in [0.3, 0.4) is 0 Å². The number of aromatic amines is 1. The summed E-state index contributed by atoms with van der Waals surface area (Å²) >= 11 is 0. The van der Waals surface area contributed by atoms with E-state index in [0.29, 0.717) is 5.56 Å². The third-order valence-corrected chi connectivity index (χ3v) is 4.51. The van der Waals surface area contributed by atoms with Crippen molar-refractivity contribution in [3.05, 3.63) is 82.8 Å². The Kier molecular flexibility index (Phi) is 6.50. The molecule has 1 atom stereocenters. The maximum atomic E-state index is 14.4. The van der Waals surface area contributed by atoms with Gasteiger partial charge >= 0.3 is 5.69 Å². The van der Waals surface area contributed by atoms with Crippen LogP contribution < -0.4 is 5.69 Å². The SMILES string of the molecule is CC(O)CCC/C=C/c1ccc(-c2ccc(-c3cnc(=O)[nH]c3)cc2)cc1F. The Labute approximate surface area is 163 Å². The first-order chi connectivity index (χ1) is 13.5. The van der Waals surface area contributed by atoms with Crippen molar-refractivity contribution in [1.82, 2.24) is 9.97 Å². The molecule has 2 N–H and O–H groups in total. The van der Waals surface area contributed by atoms with Crippen LogP contribution in [0.4, 0.5) is 4.39 Å². The number of nitrogens with zero attached hydrogens (tertiary/aromatic N) is 1. The van der Waals surface area contributed by atoms with E-state index in [1.807, 2.05) is 36.4 Å². The second kappa shape index (κ2) is 9.24. The van der Waals surface area contributed by atoms with Crippen molar-refractivity contribution in [2.75, 3.05) is 0 Å². The van der Waals surface area contributed by atoms with Crippen molar-refractivity contribution in [3.8, 4) is 22.3 Å². The van der Waals surface area contributed by atoms with Gasteiger partial charge in [-0.25, -0.2) is 14.2 Å². The Morgan fingerprint density at radius 3 is 2.39 bits per heavy atom. The molecule has 5 heteroatoms. The zero-order valence-corrected chi connectivity index (χ0v) is 15.7. The lowest BCUT2D eigenvalue weighted by molar-refractivity contribution is 0.182. The van der Waals surface area contributed by atoms with Gasteiger partial charge in [0.15, 0.2) is 0 Å². The Morgan fingerprint density at radius 2 is 1.79 bits per heavy atom. The van der Waals surface area contributed by atoms with Gasteiger partial charge in [0.25, 0.3) is 0 Å². The molecule has 0 fully saturated rings. The highest BCUT2D eigenvalue weighted by Gasteiger charge is 2.05. The number of nitrogens with one attached hydrogen (secondary N) is 1.